The Kier molecular flexibility index (Phi) is 12.1. The fourth-order valence-electron chi connectivity index (χ4n) is 3.29. The number of carbonyl (C=O) groups excluding carboxylic acids is 1. The number of carbonyl (C=O) groups is 1. The van der Waals surface area contributed by atoms with Crippen molar-refractivity contribution in [1.29, 1.82) is 0 Å². The molecule has 1 saturated heterocycles. The van der Waals surface area contributed by atoms with Crippen LogP contribution in [0, 0.1) is 11.7 Å². The Labute approximate surface area is 184 Å². The number of hydrogen-bond donors (Lipinski definition) is 3. The molecule has 0 aromatic heterocycles. The molecule has 1 fully saturated rings. The number of likely N-dealkylation sites (tertiary alicyclic amines) is 1. The second kappa shape index (κ2) is 13.7. The summed E-state index contributed by atoms with van der Waals surface area (Å²) in [4.78, 5) is 18.3. The van der Waals surface area contributed by atoms with Crippen LogP contribution in [0.1, 0.15) is 31.7 Å². The summed E-state index contributed by atoms with van der Waals surface area (Å²) < 4.78 is 12.9. The van der Waals surface area contributed by atoms with Gasteiger partial charge in [0.1, 0.15) is 5.82 Å². The first-order valence-electron chi connectivity index (χ1n) is 9.86. The number of primary amides is 1. The van der Waals surface area contributed by atoms with Gasteiger partial charge in [-0.05, 0) is 63.4 Å². The van der Waals surface area contributed by atoms with Crippen LogP contribution in [0.3, 0.4) is 0 Å². The molecule has 28 heavy (non-hydrogen) atoms. The zero-order chi connectivity index (χ0) is 19.5. The van der Waals surface area contributed by atoms with Crippen molar-refractivity contribution >= 4 is 35.8 Å². The summed E-state index contributed by atoms with van der Waals surface area (Å²) in [6.07, 6.45) is 3.70. The molecule has 1 unspecified atom stereocenters. The molecule has 0 bridgehead atoms. The molecular weight excluding hydrogens is 472 g/mol. The third-order valence-corrected chi connectivity index (χ3v) is 4.77. The summed E-state index contributed by atoms with van der Waals surface area (Å²) in [5, 5.41) is 6.56. The number of rotatable bonds is 9. The van der Waals surface area contributed by atoms with Crippen molar-refractivity contribution in [3.63, 3.8) is 0 Å². The highest BCUT2D eigenvalue weighted by Gasteiger charge is 2.23. The minimum atomic E-state index is -0.211. The summed E-state index contributed by atoms with van der Waals surface area (Å²) in [6.45, 7) is 7.04. The van der Waals surface area contributed by atoms with Gasteiger partial charge in [0.25, 0.3) is 0 Å². The SMILES string of the molecule is CCNC(=NCCCN1CCCC(C(N)=O)C1)NCCc1ccc(F)cc1.I. The molecule has 0 spiro atoms. The quantitative estimate of drug-likeness (QED) is 0.208. The van der Waals surface area contributed by atoms with Crippen LogP contribution in [0.4, 0.5) is 4.39 Å². The number of piperidine rings is 1. The van der Waals surface area contributed by atoms with Crippen molar-refractivity contribution in [3.8, 4) is 0 Å². The van der Waals surface area contributed by atoms with Crippen molar-refractivity contribution < 1.29 is 9.18 Å². The molecule has 158 valence electrons. The molecule has 1 aromatic rings. The number of halogens is 2. The lowest BCUT2D eigenvalue weighted by atomic mass is 9.97. The van der Waals surface area contributed by atoms with Crippen LogP contribution in [0.25, 0.3) is 0 Å². The van der Waals surface area contributed by atoms with E-state index >= 15 is 0 Å². The Morgan fingerprint density at radius 1 is 1.32 bits per heavy atom. The van der Waals surface area contributed by atoms with E-state index in [2.05, 4.69) is 20.5 Å². The van der Waals surface area contributed by atoms with E-state index in [1.54, 1.807) is 12.1 Å². The monoisotopic (exact) mass is 505 g/mol. The predicted molar refractivity (Wildman–Crippen MR) is 122 cm³/mol. The molecule has 1 aliphatic heterocycles. The molecule has 8 heteroatoms. The second-order valence-electron chi connectivity index (χ2n) is 6.96. The molecule has 2 rings (SSSR count). The molecule has 1 atom stereocenters. The maximum atomic E-state index is 12.9. The number of nitrogens with zero attached hydrogens (tertiary/aromatic N) is 2. The van der Waals surface area contributed by atoms with Crippen LogP contribution in [0.15, 0.2) is 29.3 Å². The first-order chi connectivity index (χ1) is 13.1. The number of nitrogens with one attached hydrogen (secondary N) is 2. The van der Waals surface area contributed by atoms with E-state index in [0.29, 0.717) is 0 Å². The molecule has 1 aliphatic rings. The summed E-state index contributed by atoms with van der Waals surface area (Å²) in [6, 6.07) is 6.58. The average Bonchev–Trinajstić information content (AvgIpc) is 2.67. The van der Waals surface area contributed by atoms with E-state index in [0.717, 1.165) is 76.5 Å². The predicted octanol–water partition coefficient (Wildman–Crippen LogP) is 2.13. The van der Waals surface area contributed by atoms with E-state index in [9.17, 15) is 9.18 Å². The molecule has 4 N–H and O–H groups in total. The van der Waals surface area contributed by atoms with Gasteiger partial charge >= 0.3 is 0 Å². The first kappa shape index (κ1) is 24.6. The van der Waals surface area contributed by atoms with Crippen molar-refractivity contribution in [3.05, 3.63) is 35.6 Å². The van der Waals surface area contributed by atoms with Gasteiger partial charge in [-0.2, -0.15) is 0 Å². The van der Waals surface area contributed by atoms with Gasteiger partial charge in [0.2, 0.25) is 5.91 Å². The van der Waals surface area contributed by atoms with Gasteiger partial charge < -0.3 is 21.3 Å². The number of guanidine groups is 1. The van der Waals surface area contributed by atoms with Crippen LogP contribution in [-0.4, -0.2) is 56.0 Å². The molecule has 1 amide bonds. The second-order valence-corrected chi connectivity index (χ2v) is 6.96. The Morgan fingerprint density at radius 3 is 2.75 bits per heavy atom. The van der Waals surface area contributed by atoms with Gasteiger partial charge in [-0.1, -0.05) is 12.1 Å². The van der Waals surface area contributed by atoms with Gasteiger partial charge in [0.05, 0.1) is 5.92 Å². The summed E-state index contributed by atoms with van der Waals surface area (Å²) in [5.41, 5.74) is 6.52. The summed E-state index contributed by atoms with van der Waals surface area (Å²) >= 11 is 0. The van der Waals surface area contributed by atoms with E-state index in [-0.39, 0.29) is 41.6 Å². The molecule has 1 heterocycles. The average molecular weight is 505 g/mol. The molecular formula is C20H33FIN5O. The van der Waals surface area contributed by atoms with Gasteiger partial charge in [-0.15, -0.1) is 24.0 Å². The molecule has 0 radical (unpaired) electrons. The Bertz CT molecular complexity index is 611. The van der Waals surface area contributed by atoms with Crippen molar-refractivity contribution in [2.45, 2.75) is 32.6 Å². The van der Waals surface area contributed by atoms with Gasteiger partial charge in [-0.3, -0.25) is 9.79 Å². The normalized spacial score (nSPS) is 17.6. The number of benzene rings is 1. The van der Waals surface area contributed by atoms with E-state index in [4.69, 9.17) is 5.73 Å². The summed E-state index contributed by atoms with van der Waals surface area (Å²) in [5.74, 6) is 0.399. The zero-order valence-electron chi connectivity index (χ0n) is 16.6. The third kappa shape index (κ3) is 9.18. The molecule has 0 aliphatic carbocycles. The Morgan fingerprint density at radius 2 is 2.07 bits per heavy atom. The molecule has 1 aromatic carbocycles. The van der Waals surface area contributed by atoms with E-state index in [1.807, 2.05) is 6.92 Å². The van der Waals surface area contributed by atoms with Crippen LogP contribution < -0.4 is 16.4 Å². The summed E-state index contributed by atoms with van der Waals surface area (Å²) in [7, 11) is 0. The van der Waals surface area contributed by atoms with Gasteiger partial charge in [-0.25, -0.2) is 4.39 Å². The lowest BCUT2D eigenvalue weighted by Gasteiger charge is -2.30. The number of hydrogen-bond acceptors (Lipinski definition) is 3. The Balaban J connectivity index is 0.00000392. The van der Waals surface area contributed by atoms with E-state index in [1.165, 1.54) is 12.1 Å². The van der Waals surface area contributed by atoms with Crippen molar-refractivity contribution in [2.75, 3.05) is 39.3 Å². The highest BCUT2D eigenvalue weighted by Crippen LogP contribution is 2.15. The topological polar surface area (TPSA) is 82.8 Å². The van der Waals surface area contributed by atoms with Crippen LogP contribution >= 0.6 is 24.0 Å². The number of nitrogens with two attached hydrogens (primary N) is 1. The lowest BCUT2D eigenvalue weighted by molar-refractivity contribution is -0.123. The number of amides is 1. The highest BCUT2D eigenvalue weighted by atomic mass is 127. The highest BCUT2D eigenvalue weighted by molar-refractivity contribution is 14.0. The minimum absolute atomic E-state index is 0. The van der Waals surface area contributed by atoms with Crippen molar-refractivity contribution in [2.24, 2.45) is 16.6 Å². The fraction of sp³-hybridized carbons (Fsp3) is 0.600. The maximum absolute atomic E-state index is 12.9. The standard InChI is InChI=1S/C20H32FN5O.HI/c1-2-23-20(25-12-10-16-6-8-18(21)9-7-16)24-11-4-14-26-13-3-5-17(15-26)19(22)27;/h6-9,17H,2-5,10-15H2,1H3,(H2,22,27)(H2,23,24,25);1H. The van der Waals surface area contributed by atoms with Crippen LogP contribution in [0.2, 0.25) is 0 Å². The fourth-order valence-corrected chi connectivity index (χ4v) is 3.29. The largest absolute Gasteiger partial charge is 0.369 e. The maximum Gasteiger partial charge on any atom is 0.221 e. The first-order valence-corrected chi connectivity index (χ1v) is 9.86. The molecule has 6 nitrogen and oxygen atoms in total. The number of aliphatic imine (C=N–C) groups is 1. The smallest absolute Gasteiger partial charge is 0.221 e. The van der Waals surface area contributed by atoms with Crippen molar-refractivity contribution in [1.82, 2.24) is 15.5 Å². The Hall–Kier alpha value is -1.42. The molecule has 0 saturated carbocycles. The zero-order valence-corrected chi connectivity index (χ0v) is 19.0. The minimum Gasteiger partial charge on any atom is -0.369 e. The lowest BCUT2D eigenvalue weighted by Crippen LogP contribution is -2.41. The van der Waals surface area contributed by atoms with Gasteiger partial charge in [0.15, 0.2) is 5.96 Å². The van der Waals surface area contributed by atoms with Crippen LogP contribution in [0.5, 0.6) is 0 Å². The third-order valence-electron chi connectivity index (χ3n) is 4.77. The van der Waals surface area contributed by atoms with E-state index < -0.39 is 0 Å². The van der Waals surface area contributed by atoms with Crippen LogP contribution in [-0.2, 0) is 11.2 Å². The van der Waals surface area contributed by atoms with Gasteiger partial charge in [0, 0.05) is 26.2 Å².